The first-order chi connectivity index (χ1) is 9.49. The van der Waals surface area contributed by atoms with Gasteiger partial charge in [0.2, 0.25) is 0 Å². The van der Waals surface area contributed by atoms with Crippen molar-refractivity contribution in [2.75, 3.05) is 18.4 Å². The van der Waals surface area contributed by atoms with E-state index in [4.69, 9.17) is 10.4 Å². The molecule has 0 aromatic heterocycles. The van der Waals surface area contributed by atoms with E-state index in [1.165, 1.54) is 17.0 Å². The number of nitrogens with zero attached hydrogens (tertiary/aromatic N) is 2. The first-order valence-electron chi connectivity index (χ1n) is 5.97. The van der Waals surface area contributed by atoms with E-state index in [1.807, 2.05) is 0 Å². The van der Waals surface area contributed by atoms with Gasteiger partial charge in [0, 0.05) is 24.7 Å². The molecule has 2 amide bonds. The van der Waals surface area contributed by atoms with Crippen LogP contribution >= 0.6 is 0 Å². The van der Waals surface area contributed by atoms with Crippen molar-refractivity contribution in [3.63, 3.8) is 0 Å². The minimum Gasteiger partial charge on any atom is -0.481 e. The summed E-state index contributed by atoms with van der Waals surface area (Å²) in [5.41, 5.74) is 0.185. The minimum absolute atomic E-state index is 0.0267. The number of halogens is 1. The Bertz CT molecular complexity index is 591. The van der Waals surface area contributed by atoms with Gasteiger partial charge in [0.15, 0.2) is 0 Å². The van der Waals surface area contributed by atoms with E-state index in [9.17, 15) is 14.0 Å². The summed E-state index contributed by atoms with van der Waals surface area (Å²) in [6, 6.07) is 5.03. The SMILES string of the molecule is N#Cc1cc(NC(=O)N2CC(CC(=O)O)C2)ccc1F. The summed E-state index contributed by atoms with van der Waals surface area (Å²) in [6.07, 6.45) is 0.0406. The molecule has 0 atom stereocenters. The van der Waals surface area contributed by atoms with Gasteiger partial charge in [0.1, 0.15) is 11.9 Å². The second-order valence-corrected chi connectivity index (χ2v) is 4.61. The number of carbonyl (C=O) groups is 2. The van der Waals surface area contributed by atoms with E-state index in [1.54, 1.807) is 6.07 Å². The minimum atomic E-state index is -0.882. The third kappa shape index (κ3) is 3.03. The molecule has 1 aromatic rings. The molecule has 1 aliphatic rings. The average Bonchev–Trinajstić information content (AvgIpc) is 2.35. The fraction of sp³-hybridized carbons (Fsp3) is 0.308. The summed E-state index contributed by atoms with van der Waals surface area (Å²) in [5, 5.41) is 19.8. The lowest BCUT2D eigenvalue weighted by Crippen LogP contribution is -2.52. The average molecular weight is 277 g/mol. The van der Waals surface area contributed by atoms with E-state index in [2.05, 4.69) is 5.32 Å². The number of benzene rings is 1. The number of nitrogens with one attached hydrogen (secondary N) is 1. The number of carboxylic acids is 1. The smallest absolute Gasteiger partial charge is 0.321 e. The topological polar surface area (TPSA) is 93.4 Å². The van der Waals surface area contributed by atoms with Gasteiger partial charge >= 0.3 is 12.0 Å². The largest absolute Gasteiger partial charge is 0.481 e. The molecule has 0 saturated carbocycles. The number of carbonyl (C=O) groups excluding carboxylic acids is 1. The van der Waals surface area contributed by atoms with Crippen molar-refractivity contribution in [1.29, 1.82) is 5.26 Å². The Morgan fingerprint density at radius 2 is 2.20 bits per heavy atom. The summed E-state index contributed by atoms with van der Waals surface area (Å²) >= 11 is 0. The molecule has 0 aliphatic carbocycles. The normalized spacial score (nSPS) is 14.3. The van der Waals surface area contributed by atoms with Crippen LogP contribution < -0.4 is 5.32 Å². The fourth-order valence-electron chi connectivity index (χ4n) is 2.00. The van der Waals surface area contributed by atoms with E-state index >= 15 is 0 Å². The third-order valence-corrected chi connectivity index (χ3v) is 3.05. The lowest BCUT2D eigenvalue weighted by atomic mass is 9.97. The molecule has 1 fully saturated rings. The number of hydrogen-bond acceptors (Lipinski definition) is 3. The van der Waals surface area contributed by atoms with E-state index in [0.717, 1.165) is 6.07 Å². The fourth-order valence-corrected chi connectivity index (χ4v) is 2.00. The highest BCUT2D eigenvalue weighted by atomic mass is 19.1. The molecular weight excluding hydrogens is 265 g/mol. The van der Waals surface area contributed by atoms with Gasteiger partial charge in [-0.05, 0) is 18.2 Å². The zero-order valence-electron chi connectivity index (χ0n) is 10.5. The Hall–Kier alpha value is -2.62. The molecule has 0 bridgehead atoms. The van der Waals surface area contributed by atoms with Crippen LogP contribution in [0.4, 0.5) is 14.9 Å². The van der Waals surface area contributed by atoms with E-state index in [-0.39, 0.29) is 23.9 Å². The number of anilines is 1. The summed E-state index contributed by atoms with van der Waals surface area (Å²) in [7, 11) is 0. The monoisotopic (exact) mass is 277 g/mol. The predicted octanol–water partition coefficient (Wildman–Crippen LogP) is 1.64. The van der Waals surface area contributed by atoms with Gasteiger partial charge in [-0.1, -0.05) is 0 Å². The maximum atomic E-state index is 13.1. The molecule has 0 unspecified atom stereocenters. The second-order valence-electron chi connectivity index (χ2n) is 4.61. The molecule has 2 N–H and O–H groups in total. The van der Waals surface area contributed by atoms with Crippen LogP contribution in [-0.2, 0) is 4.79 Å². The van der Waals surface area contributed by atoms with Crippen LogP contribution in [0.1, 0.15) is 12.0 Å². The molecule has 2 rings (SSSR count). The van der Waals surface area contributed by atoms with E-state index in [0.29, 0.717) is 18.8 Å². The third-order valence-electron chi connectivity index (χ3n) is 3.05. The van der Waals surface area contributed by atoms with Crippen molar-refractivity contribution in [3.8, 4) is 6.07 Å². The van der Waals surface area contributed by atoms with Crippen molar-refractivity contribution in [2.24, 2.45) is 5.92 Å². The van der Waals surface area contributed by atoms with Crippen LogP contribution in [0.25, 0.3) is 0 Å². The molecule has 6 nitrogen and oxygen atoms in total. The Labute approximate surface area is 114 Å². The van der Waals surface area contributed by atoms with Crippen LogP contribution in [0, 0.1) is 23.1 Å². The molecule has 1 heterocycles. The number of rotatable bonds is 3. The van der Waals surface area contributed by atoms with Crippen molar-refractivity contribution in [2.45, 2.75) is 6.42 Å². The molecular formula is C13H12FN3O3. The number of hydrogen-bond donors (Lipinski definition) is 2. The Balaban J connectivity index is 1.90. The quantitative estimate of drug-likeness (QED) is 0.878. The van der Waals surface area contributed by atoms with Gasteiger partial charge in [-0.2, -0.15) is 5.26 Å². The standard InChI is InChI=1S/C13H12FN3O3/c14-11-2-1-10(4-9(11)5-15)16-13(20)17-6-8(7-17)3-12(18)19/h1-2,4,8H,3,6-7H2,(H,16,20)(H,18,19). The highest BCUT2D eigenvalue weighted by Gasteiger charge is 2.32. The van der Waals surface area contributed by atoms with Crippen LogP contribution in [0.15, 0.2) is 18.2 Å². The van der Waals surface area contributed by atoms with Gasteiger partial charge in [-0.3, -0.25) is 4.79 Å². The molecule has 1 aliphatic heterocycles. The zero-order chi connectivity index (χ0) is 14.7. The van der Waals surface area contributed by atoms with Gasteiger partial charge in [0.25, 0.3) is 0 Å². The molecule has 20 heavy (non-hydrogen) atoms. The zero-order valence-corrected chi connectivity index (χ0v) is 10.5. The summed E-state index contributed by atoms with van der Waals surface area (Å²) in [4.78, 5) is 23.7. The van der Waals surface area contributed by atoms with Crippen molar-refractivity contribution >= 4 is 17.7 Å². The first-order valence-corrected chi connectivity index (χ1v) is 5.97. The molecule has 104 valence electrons. The van der Waals surface area contributed by atoms with E-state index < -0.39 is 11.8 Å². The molecule has 0 radical (unpaired) electrons. The summed E-state index contributed by atoms with van der Waals surface area (Å²) in [6.45, 7) is 0.759. The second kappa shape index (κ2) is 5.57. The number of amides is 2. The first kappa shape index (κ1) is 13.8. The number of nitriles is 1. The lowest BCUT2D eigenvalue weighted by Gasteiger charge is -2.38. The number of urea groups is 1. The maximum Gasteiger partial charge on any atom is 0.321 e. The number of aliphatic carboxylic acids is 1. The Kier molecular flexibility index (Phi) is 3.84. The van der Waals surface area contributed by atoms with Gasteiger partial charge in [-0.25, -0.2) is 9.18 Å². The summed E-state index contributed by atoms with van der Waals surface area (Å²) in [5.74, 6) is -1.55. The lowest BCUT2D eigenvalue weighted by molar-refractivity contribution is -0.139. The van der Waals surface area contributed by atoms with Gasteiger partial charge in [0.05, 0.1) is 12.0 Å². The van der Waals surface area contributed by atoms with Crippen LogP contribution in [-0.4, -0.2) is 35.1 Å². The number of carboxylic acid groups (broad SMARTS) is 1. The van der Waals surface area contributed by atoms with Crippen molar-refractivity contribution in [1.82, 2.24) is 4.90 Å². The predicted molar refractivity (Wildman–Crippen MR) is 67.4 cm³/mol. The van der Waals surface area contributed by atoms with Crippen LogP contribution in [0.2, 0.25) is 0 Å². The molecule has 0 spiro atoms. The van der Waals surface area contributed by atoms with Crippen molar-refractivity contribution in [3.05, 3.63) is 29.6 Å². The summed E-state index contributed by atoms with van der Waals surface area (Å²) < 4.78 is 13.1. The molecule has 1 aromatic carbocycles. The number of likely N-dealkylation sites (tertiary alicyclic amines) is 1. The Morgan fingerprint density at radius 3 is 2.80 bits per heavy atom. The van der Waals surface area contributed by atoms with Gasteiger partial charge in [-0.15, -0.1) is 0 Å². The van der Waals surface area contributed by atoms with Gasteiger partial charge < -0.3 is 15.3 Å². The molecule has 1 saturated heterocycles. The van der Waals surface area contributed by atoms with Crippen LogP contribution in [0.3, 0.4) is 0 Å². The molecule has 7 heteroatoms. The van der Waals surface area contributed by atoms with Crippen molar-refractivity contribution < 1.29 is 19.1 Å². The Morgan fingerprint density at radius 1 is 1.50 bits per heavy atom. The van der Waals surface area contributed by atoms with Crippen LogP contribution in [0.5, 0.6) is 0 Å². The highest BCUT2D eigenvalue weighted by molar-refractivity contribution is 5.90. The maximum absolute atomic E-state index is 13.1. The highest BCUT2D eigenvalue weighted by Crippen LogP contribution is 2.21.